The van der Waals surface area contributed by atoms with Gasteiger partial charge in [0.2, 0.25) is 0 Å². The van der Waals surface area contributed by atoms with Crippen LogP contribution in [0.5, 0.6) is 0 Å². The number of aromatic carboxylic acids is 1. The SMILES string of the molecule is O=C(Nc1sc2c(c1C(=O)O)CCN(C(=O)c1ccccc1Cl)C2)c1ccc2ccccc2c1. The number of hydrogen-bond acceptors (Lipinski definition) is 4. The van der Waals surface area contributed by atoms with Gasteiger partial charge in [-0.2, -0.15) is 0 Å². The number of carboxylic acid groups (broad SMARTS) is 1. The summed E-state index contributed by atoms with van der Waals surface area (Å²) in [6.07, 6.45) is 0.384. The summed E-state index contributed by atoms with van der Waals surface area (Å²) in [4.78, 5) is 40.4. The minimum absolute atomic E-state index is 0.0963. The molecule has 170 valence electrons. The highest BCUT2D eigenvalue weighted by atomic mass is 35.5. The Balaban J connectivity index is 1.42. The lowest BCUT2D eigenvalue weighted by molar-refractivity contribution is 0.0696. The zero-order valence-electron chi connectivity index (χ0n) is 17.9. The Labute approximate surface area is 204 Å². The molecule has 0 saturated heterocycles. The van der Waals surface area contributed by atoms with Gasteiger partial charge in [-0.05, 0) is 47.0 Å². The van der Waals surface area contributed by atoms with E-state index >= 15 is 0 Å². The van der Waals surface area contributed by atoms with Crippen LogP contribution in [-0.2, 0) is 13.0 Å². The van der Waals surface area contributed by atoms with Crippen LogP contribution in [-0.4, -0.2) is 34.3 Å². The first kappa shape index (κ1) is 22.1. The number of amides is 2. The Bertz CT molecular complexity index is 1460. The molecule has 0 bridgehead atoms. The molecule has 4 aromatic rings. The molecule has 2 amide bonds. The second-order valence-electron chi connectivity index (χ2n) is 7.99. The molecule has 3 aromatic carbocycles. The minimum Gasteiger partial charge on any atom is -0.478 e. The van der Waals surface area contributed by atoms with Gasteiger partial charge in [-0.15, -0.1) is 11.3 Å². The fourth-order valence-electron chi connectivity index (χ4n) is 4.20. The van der Waals surface area contributed by atoms with Gasteiger partial charge in [-0.1, -0.05) is 54.1 Å². The lowest BCUT2D eigenvalue weighted by Crippen LogP contribution is -2.35. The highest BCUT2D eigenvalue weighted by Gasteiger charge is 2.31. The number of benzene rings is 3. The van der Waals surface area contributed by atoms with Crippen molar-refractivity contribution in [3.8, 4) is 0 Å². The van der Waals surface area contributed by atoms with Crippen LogP contribution in [0.1, 0.15) is 41.5 Å². The summed E-state index contributed by atoms with van der Waals surface area (Å²) in [6, 6.07) is 19.9. The maximum atomic E-state index is 13.0. The molecule has 0 atom stereocenters. The Morgan fingerprint density at radius 2 is 1.71 bits per heavy atom. The molecule has 5 rings (SSSR count). The van der Waals surface area contributed by atoms with Crippen LogP contribution in [0.2, 0.25) is 5.02 Å². The van der Waals surface area contributed by atoms with E-state index in [0.717, 1.165) is 15.6 Å². The van der Waals surface area contributed by atoms with Crippen molar-refractivity contribution in [2.45, 2.75) is 13.0 Å². The third kappa shape index (κ3) is 4.04. The Morgan fingerprint density at radius 1 is 0.971 bits per heavy atom. The molecular weight excluding hydrogens is 472 g/mol. The standard InChI is InChI=1S/C26H19ClN2O4S/c27-20-8-4-3-7-18(20)25(31)29-12-11-19-21(14-29)34-24(22(19)26(32)33)28-23(30)17-10-9-15-5-1-2-6-16(15)13-17/h1-10,13H,11-12,14H2,(H,28,30)(H,32,33). The second kappa shape index (κ2) is 8.93. The average molecular weight is 491 g/mol. The van der Waals surface area contributed by atoms with E-state index in [4.69, 9.17) is 11.6 Å². The number of halogens is 1. The molecule has 8 heteroatoms. The first-order valence-corrected chi connectivity index (χ1v) is 11.8. The van der Waals surface area contributed by atoms with Crippen LogP contribution < -0.4 is 5.32 Å². The average Bonchev–Trinajstić information content (AvgIpc) is 3.20. The first-order valence-electron chi connectivity index (χ1n) is 10.6. The molecule has 0 spiro atoms. The van der Waals surface area contributed by atoms with E-state index in [2.05, 4.69) is 5.32 Å². The van der Waals surface area contributed by atoms with Crippen LogP contribution in [0, 0.1) is 0 Å². The second-order valence-corrected chi connectivity index (χ2v) is 9.50. The molecule has 6 nitrogen and oxygen atoms in total. The summed E-state index contributed by atoms with van der Waals surface area (Å²) >= 11 is 7.39. The van der Waals surface area contributed by atoms with Crippen LogP contribution in [0.25, 0.3) is 10.8 Å². The van der Waals surface area contributed by atoms with Gasteiger partial charge >= 0.3 is 5.97 Å². The summed E-state index contributed by atoms with van der Waals surface area (Å²) in [7, 11) is 0. The van der Waals surface area contributed by atoms with Crippen LogP contribution in [0.15, 0.2) is 66.7 Å². The molecule has 0 fully saturated rings. The quantitative estimate of drug-likeness (QED) is 0.384. The number of carbonyl (C=O) groups is 3. The number of nitrogens with zero attached hydrogens (tertiary/aromatic N) is 1. The van der Waals surface area contributed by atoms with Crippen LogP contribution >= 0.6 is 22.9 Å². The molecule has 0 unspecified atom stereocenters. The number of fused-ring (bicyclic) bond motifs is 2. The van der Waals surface area contributed by atoms with Crippen molar-refractivity contribution in [2.24, 2.45) is 0 Å². The molecule has 1 aliphatic rings. The van der Waals surface area contributed by atoms with Gasteiger partial charge in [0, 0.05) is 17.0 Å². The Morgan fingerprint density at radius 3 is 2.47 bits per heavy atom. The molecule has 1 aromatic heterocycles. The number of anilines is 1. The Kier molecular flexibility index (Phi) is 5.81. The monoisotopic (exact) mass is 490 g/mol. The highest BCUT2D eigenvalue weighted by Crippen LogP contribution is 2.38. The fraction of sp³-hybridized carbons (Fsp3) is 0.115. The number of thiophene rings is 1. The maximum absolute atomic E-state index is 13.0. The van der Waals surface area contributed by atoms with Crippen LogP contribution in [0.3, 0.4) is 0 Å². The number of carboxylic acids is 1. The van der Waals surface area contributed by atoms with E-state index in [1.807, 2.05) is 30.3 Å². The zero-order valence-corrected chi connectivity index (χ0v) is 19.4. The lowest BCUT2D eigenvalue weighted by atomic mass is 10.0. The summed E-state index contributed by atoms with van der Waals surface area (Å²) in [5.74, 6) is -1.68. The van der Waals surface area contributed by atoms with E-state index in [1.165, 1.54) is 11.3 Å². The van der Waals surface area contributed by atoms with Gasteiger partial charge in [0.25, 0.3) is 11.8 Å². The van der Waals surface area contributed by atoms with Gasteiger partial charge in [-0.3, -0.25) is 9.59 Å². The van der Waals surface area contributed by atoms with E-state index in [0.29, 0.717) is 34.7 Å². The summed E-state index contributed by atoms with van der Waals surface area (Å²) in [6.45, 7) is 0.627. The summed E-state index contributed by atoms with van der Waals surface area (Å²) < 4.78 is 0. The van der Waals surface area contributed by atoms with Gasteiger partial charge in [0.05, 0.1) is 22.7 Å². The first-order chi connectivity index (χ1) is 16.4. The van der Waals surface area contributed by atoms with Gasteiger partial charge in [0.15, 0.2) is 0 Å². The molecule has 2 heterocycles. The van der Waals surface area contributed by atoms with Crippen molar-refractivity contribution < 1.29 is 19.5 Å². The third-order valence-corrected chi connectivity index (χ3v) is 7.36. The van der Waals surface area contributed by atoms with Crippen molar-refractivity contribution in [1.82, 2.24) is 4.90 Å². The van der Waals surface area contributed by atoms with Crippen molar-refractivity contribution in [3.63, 3.8) is 0 Å². The number of nitrogens with one attached hydrogen (secondary N) is 1. The largest absolute Gasteiger partial charge is 0.478 e. The topological polar surface area (TPSA) is 86.7 Å². The molecule has 0 aliphatic carbocycles. The predicted octanol–water partition coefficient (Wildman–Crippen LogP) is 5.70. The van der Waals surface area contributed by atoms with E-state index in [1.54, 1.807) is 41.3 Å². The smallest absolute Gasteiger partial charge is 0.339 e. The summed E-state index contributed by atoms with van der Waals surface area (Å²) in [5.41, 5.74) is 1.61. The fourth-order valence-corrected chi connectivity index (χ4v) is 5.67. The highest BCUT2D eigenvalue weighted by molar-refractivity contribution is 7.17. The normalized spacial score (nSPS) is 12.9. The van der Waals surface area contributed by atoms with E-state index < -0.39 is 5.97 Å². The molecular formula is C26H19ClN2O4S. The maximum Gasteiger partial charge on any atom is 0.339 e. The molecule has 2 N–H and O–H groups in total. The lowest BCUT2D eigenvalue weighted by Gasteiger charge is -2.27. The summed E-state index contributed by atoms with van der Waals surface area (Å²) in [5, 5.41) is 15.3. The van der Waals surface area contributed by atoms with Gasteiger partial charge < -0.3 is 15.3 Å². The molecule has 34 heavy (non-hydrogen) atoms. The third-order valence-electron chi connectivity index (χ3n) is 5.90. The van der Waals surface area contributed by atoms with E-state index in [-0.39, 0.29) is 28.9 Å². The van der Waals surface area contributed by atoms with Gasteiger partial charge in [-0.25, -0.2) is 4.79 Å². The Hall–Kier alpha value is -3.68. The van der Waals surface area contributed by atoms with Crippen molar-refractivity contribution in [3.05, 3.63) is 98.9 Å². The zero-order chi connectivity index (χ0) is 23.8. The number of rotatable bonds is 4. The minimum atomic E-state index is -1.10. The number of hydrogen-bond donors (Lipinski definition) is 2. The van der Waals surface area contributed by atoms with E-state index in [9.17, 15) is 19.5 Å². The van der Waals surface area contributed by atoms with Crippen molar-refractivity contribution >= 4 is 56.5 Å². The van der Waals surface area contributed by atoms with Crippen molar-refractivity contribution in [1.29, 1.82) is 0 Å². The predicted molar refractivity (Wildman–Crippen MR) is 133 cm³/mol. The number of carbonyl (C=O) groups excluding carboxylic acids is 2. The molecule has 0 radical (unpaired) electrons. The van der Waals surface area contributed by atoms with Crippen molar-refractivity contribution in [2.75, 3.05) is 11.9 Å². The molecule has 0 saturated carbocycles. The van der Waals surface area contributed by atoms with Gasteiger partial charge in [0.1, 0.15) is 5.00 Å². The molecule has 1 aliphatic heterocycles. The van der Waals surface area contributed by atoms with Crippen LogP contribution in [0.4, 0.5) is 5.00 Å².